The third-order valence-electron chi connectivity index (χ3n) is 9.04. The number of hydrogen-bond donors (Lipinski definition) is 0. The van der Waals surface area contributed by atoms with Crippen molar-refractivity contribution in [1.29, 1.82) is 0 Å². The summed E-state index contributed by atoms with van der Waals surface area (Å²) in [4.78, 5) is -0.0580. The number of sulfonamides is 2. The van der Waals surface area contributed by atoms with Crippen molar-refractivity contribution in [3.05, 3.63) is 18.2 Å². The summed E-state index contributed by atoms with van der Waals surface area (Å²) in [5.41, 5.74) is -1.45. The summed E-state index contributed by atoms with van der Waals surface area (Å²) >= 11 is 0.655. The zero-order valence-electron chi connectivity index (χ0n) is 37.8. The van der Waals surface area contributed by atoms with Crippen LogP contribution >= 0.6 is 0 Å². The molecule has 0 saturated carbocycles. The second-order valence-electron chi connectivity index (χ2n) is 19.8. The third kappa shape index (κ3) is 17.3. The first-order valence-electron chi connectivity index (χ1n) is 19.2. The van der Waals surface area contributed by atoms with E-state index >= 15 is 16.8 Å². The average Bonchev–Trinajstić information content (AvgIpc) is 2.95. The van der Waals surface area contributed by atoms with Crippen molar-refractivity contribution in [1.82, 2.24) is 8.61 Å². The molecule has 0 aliphatic rings. The van der Waals surface area contributed by atoms with Gasteiger partial charge < -0.3 is 0 Å². The van der Waals surface area contributed by atoms with E-state index in [1.807, 2.05) is 26.2 Å². The second-order valence-corrected chi connectivity index (χ2v) is 33.7. The van der Waals surface area contributed by atoms with Gasteiger partial charge in [0.05, 0.1) is 0 Å². The SMILES string of the molecule is C[Si](C)OC(CN(CC(O[Si](C)C)C(C)(C)C)S(=O)(=O)c1cc[c]([Bi])c(S(=O)(=O)N(CC(O[Si](C)C)C(C)(C)C)CC(O[Si](C)C)C(C)(C)C)c1)C(C)(C)C. The number of benzene rings is 1. The van der Waals surface area contributed by atoms with E-state index in [1.165, 1.54) is 14.7 Å². The summed E-state index contributed by atoms with van der Waals surface area (Å²) < 4.78 is 89.9. The van der Waals surface area contributed by atoms with Gasteiger partial charge in [-0.3, -0.25) is 0 Å². The van der Waals surface area contributed by atoms with Gasteiger partial charge in [0.15, 0.2) is 0 Å². The van der Waals surface area contributed by atoms with Crippen LogP contribution in [0.25, 0.3) is 0 Å². The molecule has 4 unspecified atom stereocenters. The van der Waals surface area contributed by atoms with Crippen molar-refractivity contribution < 1.29 is 34.5 Å². The fraction of sp³-hybridized carbons (Fsp3) is 0.842. The molecule has 0 spiro atoms. The molecule has 0 bridgehead atoms. The van der Waals surface area contributed by atoms with Gasteiger partial charge in [0, 0.05) is 0 Å². The van der Waals surface area contributed by atoms with Crippen LogP contribution in [0.5, 0.6) is 0 Å². The van der Waals surface area contributed by atoms with E-state index in [0.29, 0.717) is 28.0 Å². The monoisotopic (exact) mass is 1070 g/mol. The zero-order chi connectivity index (χ0) is 43.3. The van der Waals surface area contributed by atoms with Crippen LogP contribution in [-0.4, -0.2) is 137 Å². The van der Waals surface area contributed by atoms with Crippen molar-refractivity contribution >= 4 is 84.2 Å². The molecule has 17 heteroatoms. The average molecular weight is 1070 g/mol. The fourth-order valence-corrected chi connectivity index (χ4v) is 14.5. The van der Waals surface area contributed by atoms with Gasteiger partial charge in [0.2, 0.25) is 0 Å². The molecule has 0 saturated heterocycles. The van der Waals surface area contributed by atoms with E-state index in [9.17, 15) is 0 Å². The Morgan fingerprint density at radius 1 is 0.509 bits per heavy atom. The summed E-state index contributed by atoms with van der Waals surface area (Å²) in [6.45, 7) is 41.6. The maximum absolute atomic E-state index is 15.2. The molecule has 0 aliphatic carbocycles. The van der Waals surface area contributed by atoms with Gasteiger partial charge in [-0.25, -0.2) is 0 Å². The molecule has 0 heterocycles. The number of nitrogens with zero attached hydrogens (tertiary/aromatic N) is 2. The molecule has 0 N–H and O–H groups in total. The molecular weight excluding hydrogens is 998 g/mol. The Kier molecular flexibility index (Phi) is 20.4. The minimum atomic E-state index is -4.25. The van der Waals surface area contributed by atoms with Crippen LogP contribution in [0.4, 0.5) is 0 Å². The van der Waals surface area contributed by atoms with Crippen molar-refractivity contribution in [2.75, 3.05) is 26.2 Å². The predicted molar refractivity (Wildman–Crippen MR) is 237 cm³/mol. The fourth-order valence-electron chi connectivity index (χ4n) is 5.52. The van der Waals surface area contributed by atoms with Crippen molar-refractivity contribution in [3.8, 4) is 0 Å². The first-order valence-corrected chi connectivity index (χ1v) is 33.5. The van der Waals surface area contributed by atoms with Gasteiger partial charge >= 0.3 is 363 Å². The van der Waals surface area contributed by atoms with Gasteiger partial charge in [0.1, 0.15) is 0 Å². The Bertz CT molecular complexity index is 1510. The van der Waals surface area contributed by atoms with Gasteiger partial charge in [-0.15, -0.1) is 0 Å². The van der Waals surface area contributed by atoms with E-state index in [1.54, 1.807) is 12.1 Å². The molecule has 4 atom stereocenters. The standard InChI is InChI=1S/C38H75N2O8S2Si4.Bi/c1-35(2,3)31(45-51(13)14)25-39(26-32(36(4,5)6)46-52(15)16)49(41,42)29-22-21-23-30(24-29)50(43,44)40(27-33(37(7,8)9)47-53(17)18)28-34(38(10,11)12)48-54(19)20;/h21-22,24,31-34H,25-28H2,1-20H3;. The van der Waals surface area contributed by atoms with Crippen LogP contribution in [0.2, 0.25) is 52.4 Å². The summed E-state index contributed by atoms with van der Waals surface area (Å²) in [6.07, 6.45) is -1.59. The van der Waals surface area contributed by atoms with Crippen LogP contribution in [0.3, 0.4) is 0 Å². The van der Waals surface area contributed by atoms with Crippen LogP contribution in [-0.2, 0) is 37.8 Å². The quantitative estimate of drug-likeness (QED) is 0.126. The Hall–Kier alpha value is 0.631. The first-order chi connectivity index (χ1) is 24.5. The third-order valence-corrected chi connectivity index (χ3v) is 17.9. The Balaban J connectivity index is 4.13. The Morgan fingerprint density at radius 3 is 1.00 bits per heavy atom. The molecule has 1 aromatic carbocycles. The summed E-state index contributed by atoms with van der Waals surface area (Å²) in [7, 11) is -13.2. The molecule has 1 aromatic rings. The molecule has 10 nitrogen and oxygen atoms in total. The van der Waals surface area contributed by atoms with Crippen LogP contribution in [0.15, 0.2) is 28.0 Å². The topological polar surface area (TPSA) is 112 Å². The molecule has 0 amide bonds. The second kappa shape index (κ2) is 20.9. The van der Waals surface area contributed by atoms with Crippen molar-refractivity contribution in [2.45, 2.75) is 170 Å². The molecule has 0 fully saturated rings. The zero-order valence-corrected chi connectivity index (χ0v) is 46.9. The molecule has 55 heavy (non-hydrogen) atoms. The van der Waals surface area contributed by atoms with E-state index in [4.69, 9.17) is 17.7 Å². The number of hydrogen-bond acceptors (Lipinski definition) is 8. The van der Waals surface area contributed by atoms with Gasteiger partial charge in [-0.2, -0.15) is 0 Å². The minimum absolute atomic E-state index is 0.00620. The van der Waals surface area contributed by atoms with Gasteiger partial charge in [0.25, 0.3) is 0 Å². The molecule has 0 aliphatic heterocycles. The van der Waals surface area contributed by atoms with Crippen LogP contribution in [0.1, 0.15) is 83.1 Å². The number of rotatable bonds is 20. The molecule has 6 radical (unpaired) electrons. The normalized spacial score (nSPS) is 16.6. The Morgan fingerprint density at radius 2 is 0.764 bits per heavy atom. The summed E-state index contributed by atoms with van der Waals surface area (Å²) in [5.74, 6) is 0. The molecule has 1 rings (SSSR count). The van der Waals surface area contributed by atoms with Crippen molar-refractivity contribution in [2.24, 2.45) is 21.7 Å². The van der Waals surface area contributed by atoms with E-state index < -0.39 is 80.6 Å². The predicted octanol–water partition coefficient (Wildman–Crippen LogP) is 7.19. The molecular formula is C38H75BiN2O8S2Si4. The van der Waals surface area contributed by atoms with Crippen molar-refractivity contribution in [3.63, 3.8) is 0 Å². The molecule has 318 valence electrons. The van der Waals surface area contributed by atoms with Gasteiger partial charge in [-0.05, 0) is 0 Å². The first kappa shape index (κ1) is 53.6. The molecule has 0 aromatic heterocycles. The van der Waals surface area contributed by atoms with Gasteiger partial charge in [-0.1, -0.05) is 0 Å². The maximum atomic E-state index is 15.2. The van der Waals surface area contributed by atoms with E-state index in [0.717, 1.165) is 0 Å². The summed E-state index contributed by atoms with van der Waals surface area (Å²) in [5, 5.41) is 0. The Labute approximate surface area is 360 Å². The van der Waals surface area contributed by atoms with Crippen LogP contribution < -0.4 is 3.27 Å². The van der Waals surface area contributed by atoms with Crippen LogP contribution in [0, 0.1) is 21.7 Å². The van der Waals surface area contributed by atoms with E-state index in [-0.39, 0.29) is 57.6 Å². The van der Waals surface area contributed by atoms with E-state index in [2.05, 4.69) is 109 Å². The summed E-state index contributed by atoms with van der Waals surface area (Å²) in [6, 6.07) is 4.59.